The van der Waals surface area contributed by atoms with Gasteiger partial charge in [0.2, 0.25) is 5.78 Å². The Labute approximate surface area is 223 Å². The van der Waals surface area contributed by atoms with Crippen molar-refractivity contribution in [2.45, 2.75) is 26.3 Å². The number of nitrogens with zero attached hydrogens (tertiary/aromatic N) is 1. The second kappa shape index (κ2) is 12.4. The van der Waals surface area contributed by atoms with Crippen molar-refractivity contribution < 1.29 is 23.5 Å². The summed E-state index contributed by atoms with van der Waals surface area (Å²) in [5.74, 6) is -1.43. The molecule has 1 unspecified atom stereocenters. The Bertz CT molecular complexity index is 1280. The number of ether oxygens (including phenoxy) is 1. The van der Waals surface area contributed by atoms with E-state index in [0.29, 0.717) is 34.1 Å². The van der Waals surface area contributed by atoms with Gasteiger partial charge in [0, 0.05) is 27.7 Å². The third-order valence-electron chi connectivity index (χ3n) is 5.54. The van der Waals surface area contributed by atoms with Crippen LogP contribution in [-0.2, 0) is 9.53 Å². The molecule has 1 atom stereocenters. The Balaban J connectivity index is 1.70. The van der Waals surface area contributed by atoms with Crippen LogP contribution in [0.25, 0.3) is 5.69 Å². The number of aryl methyl sites for hydroxylation is 1. The third kappa shape index (κ3) is 6.69. The Hall–Kier alpha value is -2.81. The fourth-order valence-electron chi connectivity index (χ4n) is 3.74. The highest BCUT2D eigenvalue weighted by Crippen LogP contribution is 2.23. The van der Waals surface area contributed by atoms with E-state index >= 15 is 0 Å². The van der Waals surface area contributed by atoms with E-state index in [1.54, 1.807) is 25.1 Å². The summed E-state index contributed by atoms with van der Waals surface area (Å²) in [5, 5.41) is 3.18. The number of aromatic nitrogens is 1. The van der Waals surface area contributed by atoms with Gasteiger partial charge in [-0.3, -0.25) is 9.59 Å². The number of esters is 1. The van der Waals surface area contributed by atoms with Crippen molar-refractivity contribution in [3.63, 3.8) is 0 Å². The zero-order chi connectivity index (χ0) is 26.4. The van der Waals surface area contributed by atoms with Crippen molar-refractivity contribution in [1.29, 1.82) is 0 Å². The predicted molar refractivity (Wildman–Crippen MR) is 141 cm³/mol. The highest BCUT2D eigenvalue weighted by atomic mass is 35.5. The molecule has 1 aromatic heterocycles. The number of nitrogens with one attached hydrogen (secondary N) is 1. The molecular formula is C26H25Cl2FN2O4S. The molecule has 0 aliphatic rings. The summed E-state index contributed by atoms with van der Waals surface area (Å²) in [6.07, 6.45) is 2.19. The average Bonchev–Trinajstić information content (AvgIpc) is 3.14. The Morgan fingerprint density at radius 3 is 2.39 bits per heavy atom. The van der Waals surface area contributed by atoms with Crippen LogP contribution in [0.4, 0.5) is 4.39 Å². The number of amides is 1. The summed E-state index contributed by atoms with van der Waals surface area (Å²) in [6, 6.07) is 11.1. The summed E-state index contributed by atoms with van der Waals surface area (Å²) >= 11 is 13.5. The maximum Gasteiger partial charge on any atom is 0.329 e. The van der Waals surface area contributed by atoms with Gasteiger partial charge in [-0.05, 0) is 80.8 Å². The third-order valence-corrected chi connectivity index (χ3v) is 6.73. The van der Waals surface area contributed by atoms with Crippen LogP contribution in [0, 0.1) is 19.7 Å². The van der Waals surface area contributed by atoms with E-state index in [-0.39, 0.29) is 22.2 Å². The number of benzene rings is 2. The Morgan fingerprint density at radius 2 is 1.75 bits per heavy atom. The van der Waals surface area contributed by atoms with E-state index in [1.807, 2.05) is 17.7 Å². The van der Waals surface area contributed by atoms with Crippen molar-refractivity contribution in [3.8, 4) is 5.69 Å². The minimum atomic E-state index is -0.962. The lowest BCUT2D eigenvalue weighted by atomic mass is 10.1. The van der Waals surface area contributed by atoms with Crippen molar-refractivity contribution >= 4 is 52.6 Å². The molecular weight excluding hydrogens is 526 g/mol. The van der Waals surface area contributed by atoms with Gasteiger partial charge in [0.05, 0.1) is 10.6 Å². The van der Waals surface area contributed by atoms with Crippen LogP contribution in [-0.4, -0.2) is 46.9 Å². The topological polar surface area (TPSA) is 77.4 Å². The van der Waals surface area contributed by atoms with E-state index in [2.05, 4.69) is 5.32 Å². The minimum absolute atomic E-state index is 0.156. The molecule has 0 bridgehead atoms. The van der Waals surface area contributed by atoms with E-state index in [0.717, 1.165) is 5.69 Å². The predicted octanol–water partition coefficient (Wildman–Crippen LogP) is 5.82. The molecule has 0 spiro atoms. The molecule has 10 heteroatoms. The molecule has 1 amide bonds. The van der Waals surface area contributed by atoms with Crippen LogP contribution in [0.3, 0.4) is 0 Å². The number of hydrogen-bond acceptors (Lipinski definition) is 5. The number of hydrogen-bond donors (Lipinski definition) is 1. The number of carbonyl (C=O) groups excluding carboxylic acids is 3. The minimum Gasteiger partial charge on any atom is -0.456 e. The quantitative estimate of drug-likeness (QED) is 0.254. The van der Waals surface area contributed by atoms with Crippen molar-refractivity contribution in [2.24, 2.45) is 0 Å². The number of rotatable bonds is 10. The van der Waals surface area contributed by atoms with Gasteiger partial charge < -0.3 is 14.6 Å². The van der Waals surface area contributed by atoms with Gasteiger partial charge in [0.25, 0.3) is 5.91 Å². The molecule has 0 aliphatic heterocycles. The summed E-state index contributed by atoms with van der Waals surface area (Å²) < 4.78 is 20.4. The van der Waals surface area contributed by atoms with Gasteiger partial charge in [0.1, 0.15) is 11.9 Å². The molecule has 36 heavy (non-hydrogen) atoms. The van der Waals surface area contributed by atoms with Crippen LogP contribution in [0.1, 0.15) is 38.5 Å². The first kappa shape index (κ1) is 27.8. The molecule has 0 aliphatic carbocycles. The maximum absolute atomic E-state index is 13.3. The average molecular weight is 551 g/mol. The number of carbonyl (C=O) groups is 3. The lowest BCUT2D eigenvalue weighted by Gasteiger charge is -2.18. The van der Waals surface area contributed by atoms with E-state index in [9.17, 15) is 18.8 Å². The summed E-state index contributed by atoms with van der Waals surface area (Å²) in [4.78, 5) is 38.4. The van der Waals surface area contributed by atoms with Gasteiger partial charge in [-0.1, -0.05) is 23.2 Å². The first-order valence-electron chi connectivity index (χ1n) is 11.0. The van der Waals surface area contributed by atoms with Crippen LogP contribution in [0.15, 0.2) is 48.5 Å². The first-order chi connectivity index (χ1) is 17.1. The number of thioether (sulfide) groups is 1. The van der Waals surface area contributed by atoms with Gasteiger partial charge >= 0.3 is 5.97 Å². The highest BCUT2D eigenvalue weighted by Gasteiger charge is 2.25. The molecule has 2 aromatic carbocycles. The smallest absolute Gasteiger partial charge is 0.329 e. The van der Waals surface area contributed by atoms with Crippen LogP contribution in [0.5, 0.6) is 0 Å². The van der Waals surface area contributed by atoms with Gasteiger partial charge in [0.15, 0.2) is 6.61 Å². The largest absolute Gasteiger partial charge is 0.456 e. The molecule has 0 saturated heterocycles. The number of halogens is 3. The molecule has 0 radical (unpaired) electrons. The second-order valence-electron chi connectivity index (χ2n) is 8.06. The monoisotopic (exact) mass is 550 g/mol. The molecule has 3 aromatic rings. The van der Waals surface area contributed by atoms with Crippen molar-refractivity contribution in [3.05, 3.63) is 86.9 Å². The van der Waals surface area contributed by atoms with Crippen LogP contribution >= 0.6 is 35.0 Å². The molecule has 1 heterocycles. The first-order valence-corrected chi connectivity index (χ1v) is 13.2. The van der Waals surface area contributed by atoms with Crippen molar-refractivity contribution in [2.75, 3.05) is 18.6 Å². The fourth-order valence-corrected chi connectivity index (χ4v) is 4.71. The lowest BCUT2D eigenvalue weighted by molar-refractivity contribution is -0.144. The molecule has 0 fully saturated rings. The summed E-state index contributed by atoms with van der Waals surface area (Å²) in [6.45, 7) is 3.11. The van der Waals surface area contributed by atoms with E-state index < -0.39 is 24.5 Å². The summed E-state index contributed by atoms with van der Waals surface area (Å²) in [7, 11) is 0. The second-order valence-corrected chi connectivity index (χ2v) is 9.89. The molecule has 3 rings (SSSR count). The normalized spacial score (nSPS) is 11.7. The Morgan fingerprint density at radius 1 is 1.06 bits per heavy atom. The Kier molecular flexibility index (Phi) is 9.59. The number of Topliss-reactive ketones (excluding diaryl/α,β-unsaturated/α-hetero) is 1. The SMILES string of the molecule is CSCCC(NC(=O)c1ccc(Cl)cc1Cl)C(=O)OCC(=O)c1cc(C)n(-c2ccc(F)cc2)c1C. The van der Waals surface area contributed by atoms with Gasteiger partial charge in [-0.15, -0.1) is 0 Å². The fraction of sp³-hybridized carbons (Fsp3) is 0.269. The van der Waals surface area contributed by atoms with Gasteiger partial charge in [-0.2, -0.15) is 11.8 Å². The zero-order valence-electron chi connectivity index (χ0n) is 19.9. The number of ketones is 1. The van der Waals surface area contributed by atoms with Gasteiger partial charge in [-0.25, -0.2) is 9.18 Å². The molecule has 0 saturated carbocycles. The molecule has 6 nitrogen and oxygen atoms in total. The summed E-state index contributed by atoms with van der Waals surface area (Å²) in [5.41, 5.74) is 2.70. The van der Waals surface area contributed by atoms with E-state index in [1.165, 1.54) is 42.1 Å². The van der Waals surface area contributed by atoms with Crippen LogP contribution in [0.2, 0.25) is 10.0 Å². The lowest BCUT2D eigenvalue weighted by Crippen LogP contribution is -2.42. The van der Waals surface area contributed by atoms with Crippen LogP contribution < -0.4 is 5.32 Å². The standard InChI is InChI=1S/C26H25Cl2FN2O4S/c1-15-12-21(16(2)31(15)19-7-5-18(29)6-8-19)24(32)14-35-26(34)23(10-11-36-3)30-25(33)20-9-4-17(27)13-22(20)28/h4-9,12-13,23H,10-11,14H2,1-3H3,(H,30,33). The van der Waals surface area contributed by atoms with Crippen molar-refractivity contribution in [1.82, 2.24) is 9.88 Å². The molecule has 1 N–H and O–H groups in total. The highest BCUT2D eigenvalue weighted by molar-refractivity contribution is 7.98. The van der Waals surface area contributed by atoms with E-state index in [4.69, 9.17) is 27.9 Å². The zero-order valence-corrected chi connectivity index (χ0v) is 22.3. The molecule has 190 valence electrons. The maximum atomic E-state index is 13.3.